The van der Waals surface area contributed by atoms with E-state index in [0.29, 0.717) is 18.4 Å². The maximum absolute atomic E-state index is 12.3. The van der Waals surface area contributed by atoms with Crippen molar-refractivity contribution in [3.05, 3.63) is 36.0 Å². The summed E-state index contributed by atoms with van der Waals surface area (Å²) in [5.41, 5.74) is 1.42. The Kier molecular flexibility index (Phi) is 3.18. The number of carboxylic acids is 1. The van der Waals surface area contributed by atoms with Gasteiger partial charge in [0, 0.05) is 17.6 Å². The number of fused-ring (bicyclic) bond motifs is 1. The summed E-state index contributed by atoms with van der Waals surface area (Å²) >= 11 is 0. The minimum atomic E-state index is -0.770. The van der Waals surface area contributed by atoms with Crippen molar-refractivity contribution in [2.24, 2.45) is 5.92 Å². The highest BCUT2D eigenvalue weighted by Gasteiger charge is 2.30. The average molecular weight is 272 g/mol. The van der Waals surface area contributed by atoms with Crippen LogP contribution in [-0.4, -0.2) is 28.0 Å². The minimum Gasteiger partial charge on any atom is -0.481 e. The molecule has 2 atom stereocenters. The molecule has 1 fully saturated rings. The lowest BCUT2D eigenvalue weighted by Crippen LogP contribution is -2.33. The molecule has 3 rings (SSSR count). The number of benzene rings is 1. The Labute approximate surface area is 116 Å². The largest absolute Gasteiger partial charge is 0.481 e. The van der Waals surface area contributed by atoms with Crippen LogP contribution in [0.5, 0.6) is 0 Å². The van der Waals surface area contributed by atoms with Gasteiger partial charge < -0.3 is 15.4 Å². The second-order valence-corrected chi connectivity index (χ2v) is 5.27. The smallest absolute Gasteiger partial charge is 0.306 e. The van der Waals surface area contributed by atoms with E-state index < -0.39 is 5.97 Å². The summed E-state index contributed by atoms with van der Waals surface area (Å²) in [6.45, 7) is 0. The van der Waals surface area contributed by atoms with Crippen LogP contribution in [0.25, 0.3) is 10.9 Å². The van der Waals surface area contributed by atoms with E-state index in [1.54, 1.807) is 12.3 Å². The van der Waals surface area contributed by atoms with Gasteiger partial charge in [-0.3, -0.25) is 9.59 Å². The zero-order valence-corrected chi connectivity index (χ0v) is 10.9. The van der Waals surface area contributed by atoms with Crippen molar-refractivity contribution in [2.75, 3.05) is 0 Å². The Morgan fingerprint density at radius 2 is 2.10 bits per heavy atom. The monoisotopic (exact) mass is 272 g/mol. The third-order valence-electron chi connectivity index (χ3n) is 3.95. The molecule has 0 spiro atoms. The maximum atomic E-state index is 12.3. The number of aromatic nitrogens is 1. The summed E-state index contributed by atoms with van der Waals surface area (Å²) in [4.78, 5) is 26.3. The highest BCUT2D eigenvalue weighted by atomic mass is 16.4. The molecular formula is C15H16N2O3. The molecule has 1 amide bonds. The molecule has 2 aromatic rings. The quantitative estimate of drug-likeness (QED) is 0.800. The van der Waals surface area contributed by atoms with Gasteiger partial charge in [0.1, 0.15) is 0 Å². The molecule has 0 aliphatic heterocycles. The maximum Gasteiger partial charge on any atom is 0.306 e. The van der Waals surface area contributed by atoms with Crippen molar-refractivity contribution >= 4 is 22.8 Å². The third-order valence-corrected chi connectivity index (χ3v) is 3.95. The van der Waals surface area contributed by atoms with Crippen LogP contribution >= 0.6 is 0 Å². The Hall–Kier alpha value is -2.30. The van der Waals surface area contributed by atoms with Crippen molar-refractivity contribution in [1.82, 2.24) is 10.3 Å². The first-order valence-electron chi connectivity index (χ1n) is 6.75. The van der Waals surface area contributed by atoms with Gasteiger partial charge in [0.25, 0.3) is 5.91 Å². The molecule has 104 valence electrons. The predicted octanol–water partition coefficient (Wildman–Crippen LogP) is 2.15. The number of H-pyrrole nitrogens is 1. The van der Waals surface area contributed by atoms with Crippen molar-refractivity contribution in [2.45, 2.75) is 25.3 Å². The minimum absolute atomic E-state index is 0.0474. The lowest BCUT2D eigenvalue weighted by Gasteiger charge is -2.13. The number of carbonyl (C=O) groups excluding carboxylic acids is 1. The molecule has 20 heavy (non-hydrogen) atoms. The van der Waals surface area contributed by atoms with E-state index in [4.69, 9.17) is 5.11 Å². The lowest BCUT2D eigenvalue weighted by molar-refractivity contribution is -0.141. The van der Waals surface area contributed by atoms with Crippen LogP contribution in [-0.2, 0) is 4.79 Å². The molecule has 1 heterocycles. The summed E-state index contributed by atoms with van der Waals surface area (Å²) in [5, 5.41) is 12.9. The topological polar surface area (TPSA) is 82.2 Å². The number of rotatable bonds is 3. The van der Waals surface area contributed by atoms with Crippen LogP contribution in [0.2, 0.25) is 0 Å². The molecule has 1 aromatic carbocycles. The van der Waals surface area contributed by atoms with Crippen molar-refractivity contribution in [1.29, 1.82) is 0 Å². The van der Waals surface area contributed by atoms with Crippen molar-refractivity contribution in [3.63, 3.8) is 0 Å². The van der Waals surface area contributed by atoms with E-state index in [9.17, 15) is 9.59 Å². The number of hydrogen-bond acceptors (Lipinski definition) is 2. The molecule has 0 radical (unpaired) electrons. The zero-order valence-electron chi connectivity index (χ0n) is 10.9. The van der Waals surface area contributed by atoms with Crippen LogP contribution in [0.1, 0.15) is 29.6 Å². The van der Waals surface area contributed by atoms with Crippen LogP contribution < -0.4 is 5.32 Å². The Bertz CT molecular complexity index is 662. The normalized spacial score (nSPS) is 22.0. The first-order chi connectivity index (χ1) is 9.65. The molecule has 0 unspecified atom stereocenters. The molecule has 5 nitrogen and oxygen atoms in total. The fourth-order valence-corrected chi connectivity index (χ4v) is 2.87. The first-order valence-corrected chi connectivity index (χ1v) is 6.75. The van der Waals surface area contributed by atoms with E-state index in [2.05, 4.69) is 10.3 Å². The second-order valence-electron chi connectivity index (χ2n) is 5.27. The van der Waals surface area contributed by atoms with Gasteiger partial charge in [0.05, 0.1) is 17.0 Å². The molecule has 0 saturated heterocycles. The Morgan fingerprint density at radius 1 is 1.25 bits per heavy atom. The molecule has 1 aliphatic carbocycles. The number of aliphatic carboxylic acids is 1. The first kappa shape index (κ1) is 12.7. The molecule has 5 heteroatoms. The Balaban J connectivity index is 1.74. The molecule has 1 aliphatic rings. The fourth-order valence-electron chi connectivity index (χ4n) is 2.87. The van der Waals surface area contributed by atoms with Gasteiger partial charge in [0.15, 0.2) is 0 Å². The second kappa shape index (κ2) is 5.00. The average Bonchev–Trinajstić information content (AvgIpc) is 3.05. The highest BCUT2D eigenvalue weighted by molar-refractivity contribution is 6.05. The van der Waals surface area contributed by atoms with E-state index >= 15 is 0 Å². The van der Waals surface area contributed by atoms with E-state index in [-0.39, 0.29) is 17.9 Å². The number of para-hydroxylation sites is 1. The highest BCUT2D eigenvalue weighted by Crippen LogP contribution is 2.26. The molecule has 3 N–H and O–H groups in total. The summed E-state index contributed by atoms with van der Waals surface area (Å²) in [6, 6.07) is 7.44. The van der Waals surface area contributed by atoms with Crippen LogP contribution in [0.3, 0.4) is 0 Å². The van der Waals surface area contributed by atoms with Gasteiger partial charge in [-0.15, -0.1) is 0 Å². The number of hydrogen-bond donors (Lipinski definition) is 3. The number of nitrogens with one attached hydrogen (secondary N) is 2. The number of amides is 1. The standard InChI is InChI=1S/C15H16N2O3/c18-14(17-11-5-4-10(8-11)15(19)20)12-3-1-2-9-6-7-16-13(9)12/h1-3,6-7,10-11,16H,4-5,8H2,(H,17,18)(H,19,20)/t10-,11-/m1/s1. The predicted molar refractivity (Wildman–Crippen MR) is 74.5 cm³/mol. The molecule has 0 bridgehead atoms. The Morgan fingerprint density at radius 3 is 2.85 bits per heavy atom. The van der Waals surface area contributed by atoms with Crippen molar-refractivity contribution in [3.8, 4) is 0 Å². The fraction of sp³-hybridized carbons (Fsp3) is 0.333. The lowest BCUT2D eigenvalue weighted by atomic mass is 10.1. The summed E-state index contributed by atoms with van der Waals surface area (Å²) < 4.78 is 0. The summed E-state index contributed by atoms with van der Waals surface area (Å²) in [7, 11) is 0. The number of aromatic amines is 1. The third kappa shape index (κ3) is 2.27. The zero-order chi connectivity index (χ0) is 14.1. The number of carboxylic acid groups (broad SMARTS) is 1. The van der Waals surface area contributed by atoms with Crippen LogP contribution in [0, 0.1) is 5.92 Å². The van der Waals surface area contributed by atoms with Gasteiger partial charge >= 0.3 is 5.97 Å². The molecular weight excluding hydrogens is 256 g/mol. The van der Waals surface area contributed by atoms with E-state index in [1.165, 1.54) is 0 Å². The van der Waals surface area contributed by atoms with Crippen LogP contribution in [0.15, 0.2) is 30.5 Å². The van der Waals surface area contributed by atoms with Gasteiger partial charge in [0.2, 0.25) is 0 Å². The van der Waals surface area contributed by atoms with Gasteiger partial charge in [-0.05, 0) is 31.4 Å². The van der Waals surface area contributed by atoms with Crippen molar-refractivity contribution < 1.29 is 14.7 Å². The SMILES string of the molecule is O=C(N[C@@H]1CC[C@@H](C(=O)O)C1)c1cccc2cc[nH]c12. The van der Waals surface area contributed by atoms with Gasteiger partial charge in [-0.25, -0.2) is 0 Å². The molecule has 1 saturated carbocycles. The van der Waals surface area contributed by atoms with E-state index in [1.807, 2.05) is 18.2 Å². The molecule has 1 aromatic heterocycles. The van der Waals surface area contributed by atoms with Crippen LogP contribution in [0.4, 0.5) is 0 Å². The number of carbonyl (C=O) groups is 2. The van der Waals surface area contributed by atoms with Gasteiger partial charge in [-0.1, -0.05) is 12.1 Å². The van der Waals surface area contributed by atoms with Gasteiger partial charge in [-0.2, -0.15) is 0 Å². The van der Waals surface area contributed by atoms with E-state index in [0.717, 1.165) is 17.3 Å². The summed E-state index contributed by atoms with van der Waals surface area (Å²) in [5.74, 6) is -1.25. The summed E-state index contributed by atoms with van der Waals surface area (Å²) in [6.07, 6.45) is 3.68.